The van der Waals surface area contributed by atoms with E-state index in [1.54, 1.807) is 11.9 Å². The molecule has 1 saturated heterocycles. The molecule has 1 rings (SSSR count). The Morgan fingerprint density at radius 2 is 2.18 bits per heavy atom. The highest BCUT2D eigenvalue weighted by Gasteiger charge is 2.39. The molecule has 0 radical (unpaired) electrons. The lowest BCUT2D eigenvalue weighted by Crippen LogP contribution is -2.32. The number of rotatable bonds is 5. The molecule has 1 heterocycles. The van der Waals surface area contributed by atoms with Crippen LogP contribution in [-0.4, -0.2) is 62.0 Å². The van der Waals surface area contributed by atoms with Crippen LogP contribution in [0.2, 0.25) is 0 Å². The summed E-state index contributed by atoms with van der Waals surface area (Å²) in [6, 6.07) is -0.0520. The third-order valence-corrected chi connectivity index (χ3v) is 3.28. The maximum absolute atomic E-state index is 11.8. The number of carbonyl (C=O) groups excluding carboxylic acids is 2. The van der Waals surface area contributed by atoms with Crippen molar-refractivity contribution >= 4 is 11.9 Å². The summed E-state index contributed by atoms with van der Waals surface area (Å²) < 4.78 is 5.20. The van der Waals surface area contributed by atoms with Gasteiger partial charge < -0.3 is 14.5 Å². The molecular formula is C12H22N2O3. The van der Waals surface area contributed by atoms with Crippen molar-refractivity contribution in [3.8, 4) is 0 Å². The fourth-order valence-electron chi connectivity index (χ4n) is 1.94. The topological polar surface area (TPSA) is 49.9 Å². The number of hydrogen-bond donors (Lipinski definition) is 0. The van der Waals surface area contributed by atoms with E-state index in [9.17, 15) is 9.59 Å². The Kier molecular flexibility index (Phi) is 4.93. The average Bonchev–Trinajstić information content (AvgIpc) is 2.52. The van der Waals surface area contributed by atoms with Crippen LogP contribution in [0.15, 0.2) is 0 Å². The van der Waals surface area contributed by atoms with E-state index in [0.29, 0.717) is 6.61 Å². The van der Waals surface area contributed by atoms with Gasteiger partial charge in [0.25, 0.3) is 0 Å². The molecular weight excluding hydrogens is 220 g/mol. The molecule has 17 heavy (non-hydrogen) atoms. The van der Waals surface area contributed by atoms with Crippen molar-refractivity contribution < 1.29 is 14.3 Å². The minimum Gasteiger partial charge on any atom is -0.465 e. The van der Waals surface area contributed by atoms with Crippen LogP contribution in [0.5, 0.6) is 0 Å². The third-order valence-electron chi connectivity index (χ3n) is 3.28. The number of ether oxygens (including phenoxy) is 1. The van der Waals surface area contributed by atoms with E-state index in [1.165, 1.54) is 0 Å². The highest BCUT2D eigenvalue weighted by atomic mass is 16.5. The molecule has 5 nitrogen and oxygen atoms in total. The van der Waals surface area contributed by atoms with Crippen molar-refractivity contribution in [2.75, 3.05) is 34.3 Å². The Balaban J connectivity index is 2.31. The number of hydrogen-bond acceptors (Lipinski definition) is 4. The zero-order valence-corrected chi connectivity index (χ0v) is 11.1. The fourth-order valence-corrected chi connectivity index (χ4v) is 1.94. The lowest BCUT2D eigenvalue weighted by molar-refractivity contribution is -0.149. The van der Waals surface area contributed by atoms with E-state index in [-0.39, 0.29) is 30.3 Å². The van der Waals surface area contributed by atoms with Gasteiger partial charge in [-0.3, -0.25) is 9.59 Å². The highest BCUT2D eigenvalue weighted by molar-refractivity contribution is 5.87. The van der Waals surface area contributed by atoms with Gasteiger partial charge in [-0.05, 0) is 27.4 Å². The van der Waals surface area contributed by atoms with E-state index in [1.807, 2.05) is 25.9 Å². The van der Waals surface area contributed by atoms with E-state index in [0.717, 1.165) is 13.0 Å². The molecule has 0 aromatic carbocycles. The first-order valence-electron chi connectivity index (χ1n) is 6.00. The largest absolute Gasteiger partial charge is 0.465 e. The van der Waals surface area contributed by atoms with Gasteiger partial charge >= 0.3 is 5.97 Å². The lowest BCUT2D eigenvalue weighted by Gasteiger charge is -2.19. The quantitative estimate of drug-likeness (QED) is 0.515. The van der Waals surface area contributed by atoms with Crippen LogP contribution in [0.1, 0.15) is 19.8 Å². The van der Waals surface area contributed by atoms with Gasteiger partial charge in [0.1, 0.15) is 0 Å². The minimum absolute atomic E-state index is 0.0211. The van der Waals surface area contributed by atoms with Gasteiger partial charge in [0, 0.05) is 26.1 Å². The molecule has 0 aromatic heterocycles. The van der Waals surface area contributed by atoms with Crippen LogP contribution in [0, 0.1) is 5.92 Å². The Hall–Kier alpha value is -1.10. The predicted octanol–water partition coefficient (Wildman–Crippen LogP) is 0.348. The molecule has 2 atom stereocenters. The summed E-state index contributed by atoms with van der Waals surface area (Å²) >= 11 is 0. The van der Waals surface area contributed by atoms with Gasteiger partial charge in [-0.1, -0.05) is 0 Å². The van der Waals surface area contributed by atoms with Crippen LogP contribution in [0.3, 0.4) is 0 Å². The first-order valence-corrected chi connectivity index (χ1v) is 6.00. The van der Waals surface area contributed by atoms with Gasteiger partial charge in [0.15, 0.2) is 0 Å². The predicted molar refractivity (Wildman–Crippen MR) is 64.5 cm³/mol. The lowest BCUT2D eigenvalue weighted by atomic mass is 10.0. The van der Waals surface area contributed by atoms with Gasteiger partial charge in [-0.15, -0.1) is 0 Å². The van der Waals surface area contributed by atoms with Crippen molar-refractivity contribution in [1.82, 2.24) is 9.80 Å². The second-order valence-corrected chi connectivity index (χ2v) is 4.88. The molecule has 0 unspecified atom stereocenters. The second kappa shape index (κ2) is 6.00. The summed E-state index contributed by atoms with van der Waals surface area (Å²) in [5, 5.41) is 0. The summed E-state index contributed by atoms with van der Waals surface area (Å²) in [4.78, 5) is 26.9. The Bertz CT molecular complexity index is 291. The Morgan fingerprint density at radius 1 is 1.53 bits per heavy atom. The normalized spacial score (nSPS) is 24.5. The Labute approximate surface area is 103 Å². The van der Waals surface area contributed by atoms with Gasteiger partial charge in [0.2, 0.25) is 5.91 Å². The minimum atomic E-state index is -0.299. The zero-order chi connectivity index (χ0) is 13.0. The van der Waals surface area contributed by atoms with Gasteiger partial charge in [0.05, 0.1) is 12.5 Å². The highest BCUT2D eigenvalue weighted by Crippen LogP contribution is 2.24. The maximum Gasteiger partial charge on any atom is 0.311 e. The first kappa shape index (κ1) is 14.0. The molecule has 1 fully saturated rings. The SMILES string of the molecule is C[C@@H]1[C@@H](C(=O)OCCCN(C)C)CC(=O)N1C. The number of carbonyl (C=O) groups is 2. The second-order valence-electron chi connectivity index (χ2n) is 4.88. The summed E-state index contributed by atoms with van der Waals surface area (Å²) in [6.07, 6.45) is 1.10. The molecule has 1 amide bonds. The van der Waals surface area contributed by atoms with Crippen LogP contribution < -0.4 is 0 Å². The van der Waals surface area contributed by atoms with Crippen LogP contribution in [-0.2, 0) is 14.3 Å². The van der Waals surface area contributed by atoms with E-state index < -0.39 is 0 Å². The monoisotopic (exact) mass is 242 g/mol. The molecule has 0 spiro atoms. The van der Waals surface area contributed by atoms with E-state index in [4.69, 9.17) is 4.74 Å². The molecule has 98 valence electrons. The summed E-state index contributed by atoms with van der Waals surface area (Å²) in [6.45, 7) is 3.21. The van der Waals surface area contributed by atoms with Crippen molar-refractivity contribution in [1.29, 1.82) is 0 Å². The molecule has 1 aliphatic rings. The standard InChI is InChI=1S/C12H22N2O3/c1-9-10(8-11(15)14(9)4)12(16)17-7-5-6-13(2)3/h9-10H,5-8H2,1-4H3/t9-,10+/m1/s1. The summed E-state index contributed by atoms with van der Waals surface area (Å²) in [5.41, 5.74) is 0. The van der Waals surface area contributed by atoms with Crippen molar-refractivity contribution in [3.05, 3.63) is 0 Å². The van der Waals surface area contributed by atoms with Crippen LogP contribution in [0.25, 0.3) is 0 Å². The van der Waals surface area contributed by atoms with Crippen molar-refractivity contribution in [3.63, 3.8) is 0 Å². The van der Waals surface area contributed by atoms with Crippen LogP contribution >= 0.6 is 0 Å². The third kappa shape index (κ3) is 3.70. The molecule has 0 N–H and O–H groups in total. The van der Waals surface area contributed by atoms with E-state index >= 15 is 0 Å². The van der Waals surface area contributed by atoms with Crippen molar-refractivity contribution in [2.24, 2.45) is 5.92 Å². The average molecular weight is 242 g/mol. The molecule has 5 heteroatoms. The fraction of sp³-hybridized carbons (Fsp3) is 0.833. The first-order chi connectivity index (χ1) is 7.93. The van der Waals surface area contributed by atoms with Crippen molar-refractivity contribution in [2.45, 2.75) is 25.8 Å². The summed E-state index contributed by atoms with van der Waals surface area (Å²) in [7, 11) is 5.69. The maximum atomic E-state index is 11.8. The number of nitrogens with zero attached hydrogens (tertiary/aromatic N) is 2. The van der Waals surface area contributed by atoms with Gasteiger partial charge in [-0.2, -0.15) is 0 Å². The Morgan fingerprint density at radius 3 is 2.65 bits per heavy atom. The molecule has 0 aromatic rings. The molecule has 0 bridgehead atoms. The number of esters is 1. The smallest absolute Gasteiger partial charge is 0.311 e. The number of likely N-dealkylation sites (tertiary alicyclic amines) is 1. The van der Waals surface area contributed by atoms with E-state index in [2.05, 4.69) is 0 Å². The molecule has 0 aliphatic carbocycles. The molecule has 1 aliphatic heterocycles. The summed E-state index contributed by atoms with van der Waals surface area (Å²) in [5.74, 6) is -0.520. The zero-order valence-electron chi connectivity index (χ0n) is 11.1. The van der Waals surface area contributed by atoms with Gasteiger partial charge in [-0.25, -0.2) is 0 Å². The number of amides is 1. The van der Waals surface area contributed by atoms with Crippen LogP contribution in [0.4, 0.5) is 0 Å². The molecule has 0 saturated carbocycles.